The molecule has 18 heavy (non-hydrogen) atoms. The predicted molar refractivity (Wildman–Crippen MR) is 81.7 cm³/mol. The van der Waals surface area contributed by atoms with Crippen molar-refractivity contribution in [3.05, 3.63) is 54.1 Å². The fraction of sp³-hybridized carbons (Fsp3) is 0.333. The quantitative estimate of drug-likeness (QED) is 0.575. The number of hydrogen-bond acceptors (Lipinski definition) is 0. The maximum Gasteiger partial charge on any atom is -0.0178 e. The van der Waals surface area contributed by atoms with E-state index in [0.29, 0.717) is 0 Å². The molecule has 0 unspecified atom stereocenters. The molecule has 0 atom stereocenters. The summed E-state index contributed by atoms with van der Waals surface area (Å²) < 4.78 is 0. The first-order valence-corrected chi connectivity index (χ1v) is 6.97. The Morgan fingerprint density at radius 1 is 1.00 bits per heavy atom. The van der Waals surface area contributed by atoms with E-state index in [2.05, 4.69) is 62.4 Å². The van der Waals surface area contributed by atoms with Crippen molar-refractivity contribution in [1.82, 2.24) is 0 Å². The Labute approximate surface area is 110 Å². The van der Waals surface area contributed by atoms with E-state index in [1.807, 2.05) is 0 Å². The first kappa shape index (κ1) is 12.9. The molecule has 0 fully saturated rings. The lowest BCUT2D eigenvalue weighted by Gasteiger charge is -2.04. The average molecular weight is 238 g/mol. The number of unbranched alkanes of at least 4 members (excludes halogenated alkanes) is 3. The Bertz CT molecular complexity index is 534. The van der Waals surface area contributed by atoms with Gasteiger partial charge in [-0.25, -0.2) is 0 Å². The number of allylic oxidation sites excluding steroid dienone is 2. The maximum absolute atomic E-state index is 2.37. The molecule has 0 aromatic heterocycles. The second kappa shape index (κ2) is 6.39. The maximum atomic E-state index is 2.37. The van der Waals surface area contributed by atoms with Crippen molar-refractivity contribution < 1.29 is 0 Å². The van der Waals surface area contributed by atoms with E-state index in [4.69, 9.17) is 0 Å². The van der Waals surface area contributed by atoms with Crippen LogP contribution in [0.4, 0.5) is 0 Å². The summed E-state index contributed by atoms with van der Waals surface area (Å²) in [6.45, 7) is 4.47. The smallest absolute Gasteiger partial charge is 0.0178 e. The molecule has 0 amide bonds. The van der Waals surface area contributed by atoms with Gasteiger partial charge in [-0.3, -0.25) is 0 Å². The van der Waals surface area contributed by atoms with Gasteiger partial charge in [-0.05, 0) is 47.7 Å². The largest absolute Gasteiger partial charge is 0.0810 e. The zero-order valence-corrected chi connectivity index (χ0v) is 11.4. The third-order valence-electron chi connectivity index (χ3n) is 3.46. The van der Waals surface area contributed by atoms with Gasteiger partial charge in [-0.2, -0.15) is 0 Å². The second-order valence-electron chi connectivity index (χ2n) is 4.94. The van der Waals surface area contributed by atoms with Crippen molar-refractivity contribution in [2.24, 2.45) is 0 Å². The standard InChI is InChI=1S/C18H22/c1-3-4-5-6-9-15(2)17-13-12-16-10-7-8-11-18(16)14-17/h7-14H,3-6H2,1-2H3. The highest BCUT2D eigenvalue weighted by Gasteiger charge is 1.97. The second-order valence-corrected chi connectivity index (χ2v) is 4.94. The summed E-state index contributed by atoms with van der Waals surface area (Å²) in [5.41, 5.74) is 2.75. The van der Waals surface area contributed by atoms with E-state index in [0.717, 1.165) is 0 Å². The van der Waals surface area contributed by atoms with Crippen molar-refractivity contribution in [3.8, 4) is 0 Å². The molecule has 0 saturated carbocycles. The van der Waals surface area contributed by atoms with Gasteiger partial charge in [0.1, 0.15) is 0 Å². The van der Waals surface area contributed by atoms with Crippen LogP contribution in [0.2, 0.25) is 0 Å². The van der Waals surface area contributed by atoms with Gasteiger partial charge < -0.3 is 0 Å². The molecule has 2 aromatic rings. The van der Waals surface area contributed by atoms with Crippen molar-refractivity contribution in [1.29, 1.82) is 0 Å². The molecule has 0 nitrogen and oxygen atoms in total. The Hall–Kier alpha value is -1.56. The summed E-state index contributed by atoms with van der Waals surface area (Å²) >= 11 is 0. The average Bonchev–Trinajstić information content (AvgIpc) is 2.43. The van der Waals surface area contributed by atoms with Gasteiger partial charge in [-0.1, -0.05) is 62.2 Å². The van der Waals surface area contributed by atoms with Gasteiger partial charge in [0.2, 0.25) is 0 Å². The zero-order chi connectivity index (χ0) is 12.8. The van der Waals surface area contributed by atoms with Crippen LogP contribution in [0.3, 0.4) is 0 Å². The molecule has 0 heteroatoms. The van der Waals surface area contributed by atoms with E-state index in [-0.39, 0.29) is 0 Å². The van der Waals surface area contributed by atoms with E-state index < -0.39 is 0 Å². The fourth-order valence-corrected chi connectivity index (χ4v) is 2.27. The lowest BCUT2D eigenvalue weighted by atomic mass is 10.0. The Kier molecular flexibility index (Phi) is 4.58. The van der Waals surface area contributed by atoms with E-state index in [9.17, 15) is 0 Å². The van der Waals surface area contributed by atoms with E-state index in [1.165, 1.54) is 47.6 Å². The minimum absolute atomic E-state index is 1.20. The molecule has 2 rings (SSSR count). The van der Waals surface area contributed by atoms with Crippen molar-refractivity contribution >= 4 is 16.3 Å². The summed E-state index contributed by atoms with van der Waals surface area (Å²) in [6.07, 6.45) is 7.51. The highest BCUT2D eigenvalue weighted by molar-refractivity contribution is 5.86. The lowest BCUT2D eigenvalue weighted by molar-refractivity contribution is 0.729. The van der Waals surface area contributed by atoms with Crippen LogP contribution in [0.15, 0.2) is 48.5 Å². The minimum atomic E-state index is 1.20. The van der Waals surface area contributed by atoms with Crippen molar-refractivity contribution in [3.63, 3.8) is 0 Å². The molecular weight excluding hydrogens is 216 g/mol. The van der Waals surface area contributed by atoms with Crippen molar-refractivity contribution in [2.45, 2.75) is 39.5 Å². The first-order chi connectivity index (χ1) is 8.81. The lowest BCUT2D eigenvalue weighted by Crippen LogP contribution is -1.81. The zero-order valence-electron chi connectivity index (χ0n) is 11.4. The fourth-order valence-electron chi connectivity index (χ4n) is 2.27. The van der Waals surface area contributed by atoms with Crippen LogP contribution in [-0.2, 0) is 0 Å². The molecule has 0 heterocycles. The van der Waals surface area contributed by atoms with Gasteiger partial charge in [0.05, 0.1) is 0 Å². The topological polar surface area (TPSA) is 0 Å². The van der Waals surface area contributed by atoms with Gasteiger partial charge in [0.15, 0.2) is 0 Å². The Morgan fingerprint density at radius 3 is 2.56 bits per heavy atom. The summed E-state index contributed by atoms with van der Waals surface area (Å²) in [5.74, 6) is 0. The van der Waals surface area contributed by atoms with Crippen LogP contribution in [-0.4, -0.2) is 0 Å². The number of hydrogen-bond donors (Lipinski definition) is 0. The SMILES string of the molecule is CCCCCC=C(C)c1ccc2ccccc2c1. The third kappa shape index (κ3) is 3.22. The molecule has 0 aliphatic carbocycles. The molecule has 0 spiro atoms. The molecule has 0 aliphatic rings. The minimum Gasteiger partial charge on any atom is -0.0810 e. The van der Waals surface area contributed by atoms with Crippen LogP contribution in [0.5, 0.6) is 0 Å². The first-order valence-electron chi connectivity index (χ1n) is 6.97. The molecule has 0 aliphatic heterocycles. The molecule has 94 valence electrons. The summed E-state index contributed by atoms with van der Waals surface area (Å²) in [6, 6.07) is 15.3. The normalized spacial score (nSPS) is 12.0. The molecular formula is C18H22. The molecule has 0 saturated heterocycles. The van der Waals surface area contributed by atoms with Crippen LogP contribution in [0.1, 0.15) is 45.1 Å². The summed E-state index contributed by atoms with van der Waals surface area (Å²) in [5, 5.41) is 2.65. The van der Waals surface area contributed by atoms with Gasteiger partial charge in [0.25, 0.3) is 0 Å². The highest BCUT2D eigenvalue weighted by atomic mass is 14.0. The molecule has 2 aromatic carbocycles. The number of benzene rings is 2. The number of fused-ring (bicyclic) bond motifs is 1. The van der Waals surface area contributed by atoms with E-state index in [1.54, 1.807) is 0 Å². The summed E-state index contributed by atoms with van der Waals surface area (Å²) in [4.78, 5) is 0. The monoisotopic (exact) mass is 238 g/mol. The van der Waals surface area contributed by atoms with E-state index >= 15 is 0 Å². The number of rotatable bonds is 5. The van der Waals surface area contributed by atoms with Crippen LogP contribution in [0.25, 0.3) is 16.3 Å². The van der Waals surface area contributed by atoms with Crippen molar-refractivity contribution in [2.75, 3.05) is 0 Å². The highest BCUT2D eigenvalue weighted by Crippen LogP contribution is 2.21. The molecule has 0 radical (unpaired) electrons. The predicted octanol–water partition coefficient (Wildman–Crippen LogP) is 5.82. The Balaban J connectivity index is 2.14. The van der Waals surface area contributed by atoms with Gasteiger partial charge >= 0.3 is 0 Å². The van der Waals surface area contributed by atoms with Crippen LogP contribution in [0, 0.1) is 0 Å². The van der Waals surface area contributed by atoms with Gasteiger partial charge in [0, 0.05) is 0 Å². The van der Waals surface area contributed by atoms with Crippen LogP contribution < -0.4 is 0 Å². The van der Waals surface area contributed by atoms with Gasteiger partial charge in [-0.15, -0.1) is 0 Å². The molecule has 0 N–H and O–H groups in total. The van der Waals surface area contributed by atoms with Crippen LogP contribution >= 0.6 is 0 Å². The Morgan fingerprint density at radius 2 is 1.78 bits per heavy atom. The third-order valence-corrected chi connectivity index (χ3v) is 3.46. The molecule has 0 bridgehead atoms. The summed E-state index contributed by atoms with van der Waals surface area (Å²) in [7, 11) is 0.